The largest absolute Gasteiger partial charge is 0.398 e. The van der Waals surface area contributed by atoms with Crippen LogP contribution >= 0.6 is 15.9 Å². The van der Waals surface area contributed by atoms with Crippen LogP contribution in [0.5, 0.6) is 0 Å². The number of nitrogens with one attached hydrogen (secondary N) is 1. The predicted octanol–water partition coefficient (Wildman–Crippen LogP) is 3.42. The lowest BCUT2D eigenvalue weighted by molar-refractivity contribution is 0.511. The Morgan fingerprint density at radius 3 is 2.57 bits per heavy atom. The first kappa shape index (κ1) is 15.7. The molecule has 0 aliphatic heterocycles. The molecule has 4 nitrogen and oxygen atoms in total. The van der Waals surface area contributed by atoms with Crippen LogP contribution in [0.3, 0.4) is 0 Å². The summed E-state index contributed by atoms with van der Waals surface area (Å²) in [6.07, 6.45) is 0. The molecule has 0 saturated heterocycles. The fraction of sp³-hybridized carbons (Fsp3) is 0.0769. The van der Waals surface area contributed by atoms with Crippen LogP contribution in [-0.2, 0) is 10.0 Å². The lowest BCUT2D eigenvalue weighted by atomic mass is 10.2. The normalized spacial score (nSPS) is 11.4. The molecule has 21 heavy (non-hydrogen) atoms. The maximum Gasteiger partial charge on any atom is 0.262 e. The third-order valence-electron chi connectivity index (χ3n) is 2.85. The quantitative estimate of drug-likeness (QED) is 0.806. The Hall–Kier alpha value is -1.67. The summed E-state index contributed by atoms with van der Waals surface area (Å²) in [4.78, 5) is -0.113. The first-order valence-electron chi connectivity index (χ1n) is 5.75. The van der Waals surface area contributed by atoms with E-state index in [1.807, 2.05) is 4.72 Å². The van der Waals surface area contributed by atoms with Crippen molar-refractivity contribution in [3.63, 3.8) is 0 Å². The van der Waals surface area contributed by atoms with Gasteiger partial charge in [0.1, 0.15) is 0 Å². The van der Waals surface area contributed by atoms with E-state index in [9.17, 15) is 17.2 Å². The Balaban J connectivity index is 2.51. The van der Waals surface area contributed by atoms with E-state index in [1.54, 1.807) is 6.07 Å². The SMILES string of the molecule is Cc1c(N)cc(Br)cc1S(=O)(=O)Nc1cccc(F)c1F. The molecule has 0 heterocycles. The molecule has 0 aliphatic carbocycles. The number of hydrogen-bond acceptors (Lipinski definition) is 3. The summed E-state index contributed by atoms with van der Waals surface area (Å²) >= 11 is 3.14. The van der Waals surface area contributed by atoms with Gasteiger partial charge >= 0.3 is 0 Å². The molecule has 8 heteroatoms. The van der Waals surface area contributed by atoms with Gasteiger partial charge in [0.2, 0.25) is 0 Å². The monoisotopic (exact) mass is 376 g/mol. The van der Waals surface area contributed by atoms with Crippen molar-refractivity contribution in [2.75, 3.05) is 10.5 Å². The number of anilines is 2. The Labute approximate surface area is 129 Å². The minimum atomic E-state index is -4.09. The van der Waals surface area contributed by atoms with E-state index in [-0.39, 0.29) is 10.6 Å². The maximum absolute atomic E-state index is 13.6. The number of nitrogen functional groups attached to an aromatic ring is 1. The van der Waals surface area contributed by atoms with Gasteiger partial charge in [0, 0.05) is 10.2 Å². The van der Waals surface area contributed by atoms with Crippen molar-refractivity contribution in [3.05, 3.63) is 52.0 Å². The van der Waals surface area contributed by atoms with Crippen LogP contribution in [0.25, 0.3) is 0 Å². The molecule has 0 amide bonds. The molecule has 112 valence electrons. The number of hydrogen-bond donors (Lipinski definition) is 2. The van der Waals surface area contributed by atoms with Crippen molar-refractivity contribution in [2.45, 2.75) is 11.8 Å². The Morgan fingerprint density at radius 1 is 1.24 bits per heavy atom. The van der Waals surface area contributed by atoms with Gasteiger partial charge in [0.15, 0.2) is 11.6 Å². The standard InChI is InChI=1S/C13H11BrF2N2O2S/c1-7-10(17)5-8(14)6-12(7)21(19,20)18-11-4-2-3-9(15)13(11)16/h2-6,18H,17H2,1H3. The average molecular weight is 377 g/mol. The van der Waals surface area contributed by atoms with Gasteiger partial charge in [-0.15, -0.1) is 0 Å². The van der Waals surface area contributed by atoms with Gasteiger partial charge in [0.05, 0.1) is 10.6 Å². The van der Waals surface area contributed by atoms with E-state index >= 15 is 0 Å². The summed E-state index contributed by atoms with van der Waals surface area (Å²) in [5.41, 5.74) is 5.83. The highest BCUT2D eigenvalue weighted by Gasteiger charge is 2.21. The second-order valence-corrected chi connectivity index (χ2v) is 6.89. The first-order valence-corrected chi connectivity index (χ1v) is 8.02. The summed E-state index contributed by atoms with van der Waals surface area (Å²) in [7, 11) is -4.09. The zero-order chi connectivity index (χ0) is 15.8. The van der Waals surface area contributed by atoms with Crippen LogP contribution in [0.4, 0.5) is 20.2 Å². The second-order valence-electron chi connectivity index (χ2n) is 4.33. The van der Waals surface area contributed by atoms with Gasteiger partial charge in [-0.2, -0.15) is 0 Å². The number of benzene rings is 2. The maximum atomic E-state index is 13.6. The van der Waals surface area contributed by atoms with Crippen molar-refractivity contribution < 1.29 is 17.2 Å². The van der Waals surface area contributed by atoms with Crippen LogP contribution in [0.2, 0.25) is 0 Å². The molecule has 0 fully saturated rings. The van der Waals surface area contributed by atoms with Crippen LogP contribution in [0.15, 0.2) is 39.7 Å². The Kier molecular flexibility index (Phi) is 4.20. The molecule has 0 aliphatic rings. The van der Waals surface area contributed by atoms with E-state index in [2.05, 4.69) is 15.9 Å². The first-order chi connectivity index (χ1) is 9.72. The molecular weight excluding hydrogens is 366 g/mol. The van der Waals surface area contributed by atoms with Crippen molar-refractivity contribution >= 4 is 37.3 Å². The number of nitrogens with two attached hydrogens (primary N) is 1. The van der Waals surface area contributed by atoms with Gasteiger partial charge < -0.3 is 5.73 Å². The summed E-state index contributed by atoms with van der Waals surface area (Å²) in [6, 6.07) is 6.13. The molecule has 0 atom stereocenters. The van der Waals surface area contributed by atoms with Crippen molar-refractivity contribution in [1.29, 1.82) is 0 Å². The van der Waals surface area contributed by atoms with Crippen LogP contribution in [0.1, 0.15) is 5.56 Å². The van der Waals surface area contributed by atoms with Crippen LogP contribution in [0, 0.1) is 18.6 Å². The fourth-order valence-corrected chi connectivity index (χ4v) is 3.72. The summed E-state index contributed by atoms with van der Waals surface area (Å²) in [5.74, 6) is -2.40. The van der Waals surface area contributed by atoms with Crippen molar-refractivity contribution in [1.82, 2.24) is 0 Å². The highest BCUT2D eigenvalue weighted by molar-refractivity contribution is 9.10. The minimum absolute atomic E-state index is 0.113. The number of halogens is 3. The van der Waals surface area contributed by atoms with Gasteiger partial charge in [-0.3, -0.25) is 4.72 Å². The van der Waals surface area contributed by atoms with Gasteiger partial charge in [-0.25, -0.2) is 17.2 Å². The molecule has 0 unspecified atom stereocenters. The number of rotatable bonds is 3. The van der Waals surface area contributed by atoms with E-state index in [4.69, 9.17) is 5.73 Å². The molecule has 0 spiro atoms. The smallest absolute Gasteiger partial charge is 0.262 e. The average Bonchev–Trinajstić information content (AvgIpc) is 2.39. The molecule has 2 rings (SSSR count). The van der Waals surface area contributed by atoms with E-state index < -0.39 is 27.3 Å². The van der Waals surface area contributed by atoms with Gasteiger partial charge in [0.25, 0.3) is 10.0 Å². The molecule has 0 radical (unpaired) electrons. The van der Waals surface area contributed by atoms with Crippen molar-refractivity contribution in [2.24, 2.45) is 0 Å². The third-order valence-corrected chi connectivity index (χ3v) is 4.80. The van der Waals surface area contributed by atoms with Crippen LogP contribution in [-0.4, -0.2) is 8.42 Å². The summed E-state index contributed by atoms with van der Waals surface area (Å²) in [6.45, 7) is 1.53. The zero-order valence-corrected chi connectivity index (χ0v) is 13.2. The van der Waals surface area contributed by atoms with E-state index in [0.717, 1.165) is 12.1 Å². The minimum Gasteiger partial charge on any atom is -0.398 e. The molecule has 0 aromatic heterocycles. The van der Waals surface area contributed by atoms with Crippen LogP contribution < -0.4 is 10.5 Å². The highest BCUT2D eigenvalue weighted by atomic mass is 79.9. The Morgan fingerprint density at radius 2 is 1.90 bits per heavy atom. The number of sulfonamides is 1. The fourth-order valence-electron chi connectivity index (χ4n) is 1.74. The molecular formula is C13H11BrF2N2O2S. The summed E-state index contributed by atoms with van der Waals surface area (Å²) < 4.78 is 53.8. The Bertz CT molecular complexity index is 810. The lowest BCUT2D eigenvalue weighted by Crippen LogP contribution is -2.16. The van der Waals surface area contributed by atoms with Gasteiger partial charge in [-0.05, 0) is 36.8 Å². The van der Waals surface area contributed by atoms with E-state index in [0.29, 0.717) is 10.0 Å². The summed E-state index contributed by atoms with van der Waals surface area (Å²) in [5, 5.41) is 0. The zero-order valence-electron chi connectivity index (χ0n) is 10.8. The highest BCUT2D eigenvalue weighted by Crippen LogP contribution is 2.28. The molecule has 3 N–H and O–H groups in total. The topological polar surface area (TPSA) is 72.2 Å². The van der Waals surface area contributed by atoms with Crippen molar-refractivity contribution in [3.8, 4) is 0 Å². The molecule has 2 aromatic carbocycles. The van der Waals surface area contributed by atoms with Gasteiger partial charge in [-0.1, -0.05) is 22.0 Å². The molecule has 0 saturated carbocycles. The predicted molar refractivity (Wildman–Crippen MR) is 80.5 cm³/mol. The van der Waals surface area contributed by atoms with E-state index in [1.165, 1.54) is 19.1 Å². The third kappa shape index (κ3) is 3.16. The second kappa shape index (κ2) is 5.61. The lowest BCUT2D eigenvalue weighted by Gasteiger charge is -2.13. The molecule has 2 aromatic rings. The molecule has 0 bridgehead atoms.